The first-order chi connectivity index (χ1) is 11.7. The van der Waals surface area contributed by atoms with Gasteiger partial charge in [-0.2, -0.15) is 0 Å². The monoisotopic (exact) mass is 341 g/mol. The molecule has 0 N–H and O–H groups in total. The van der Waals surface area contributed by atoms with E-state index in [0.29, 0.717) is 0 Å². The van der Waals surface area contributed by atoms with Gasteiger partial charge in [-0.25, -0.2) is 9.50 Å². The molecule has 0 aromatic carbocycles. The van der Waals surface area contributed by atoms with Gasteiger partial charge in [-0.15, -0.1) is 16.4 Å². The Balaban J connectivity index is 1.38. The minimum Gasteiger partial charge on any atom is -0.353 e. The second-order valence-corrected chi connectivity index (χ2v) is 6.97. The van der Waals surface area contributed by atoms with Crippen LogP contribution in [0.15, 0.2) is 36.0 Å². The number of imidazole rings is 1. The van der Waals surface area contributed by atoms with Crippen LogP contribution in [0.3, 0.4) is 0 Å². The third-order valence-corrected chi connectivity index (χ3v) is 5.42. The predicted octanol–water partition coefficient (Wildman–Crippen LogP) is 2.32. The maximum Gasteiger partial charge on any atom is 0.169 e. The summed E-state index contributed by atoms with van der Waals surface area (Å²) < 4.78 is 1.82. The number of rotatable bonds is 4. The Morgan fingerprint density at radius 2 is 2.08 bits per heavy atom. The fraction of sp³-hybridized carbons (Fsp3) is 0.353. The zero-order valence-electron chi connectivity index (χ0n) is 13.6. The number of carbonyl (C=O) groups is 1. The minimum atomic E-state index is 0.150. The summed E-state index contributed by atoms with van der Waals surface area (Å²) in [6, 6.07) is 6.06. The van der Waals surface area contributed by atoms with E-state index in [-0.39, 0.29) is 5.78 Å². The largest absolute Gasteiger partial charge is 0.353 e. The number of Topliss-reactive ketones (excluding diaryl/α,β-unsaturated/α-hetero) is 1. The molecule has 1 aliphatic rings. The molecule has 124 valence electrons. The Kier molecular flexibility index (Phi) is 4.03. The molecule has 0 aliphatic carbocycles. The van der Waals surface area contributed by atoms with E-state index in [1.807, 2.05) is 28.9 Å². The van der Waals surface area contributed by atoms with E-state index in [9.17, 15) is 4.79 Å². The number of hydrogen-bond acceptors (Lipinski definition) is 6. The van der Waals surface area contributed by atoms with E-state index < -0.39 is 0 Å². The second-order valence-electron chi connectivity index (χ2n) is 6.06. The summed E-state index contributed by atoms with van der Waals surface area (Å²) >= 11 is 1.54. The Morgan fingerprint density at radius 3 is 2.83 bits per heavy atom. The highest BCUT2D eigenvalue weighted by Crippen LogP contribution is 2.19. The molecule has 7 heteroatoms. The second kappa shape index (κ2) is 6.33. The van der Waals surface area contributed by atoms with Crippen LogP contribution in [-0.2, 0) is 6.54 Å². The quantitative estimate of drug-likeness (QED) is 0.682. The zero-order valence-corrected chi connectivity index (χ0v) is 14.4. The molecule has 0 bridgehead atoms. The first-order valence-corrected chi connectivity index (χ1v) is 8.93. The number of aromatic nitrogens is 3. The maximum absolute atomic E-state index is 11.4. The molecule has 4 heterocycles. The highest BCUT2D eigenvalue weighted by atomic mass is 32.1. The number of carbonyl (C=O) groups excluding carboxylic acids is 1. The van der Waals surface area contributed by atoms with Gasteiger partial charge in [0.15, 0.2) is 11.4 Å². The van der Waals surface area contributed by atoms with Gasteiger partial charge in [-0.3, -0.25) is 9.69 Å². The van der Waals surface area contributed by atoms with Crippen molar-refractivity contribution in [2.24, 2.45) is 0 Å². The number of thiophene rings is 1. The molecule has 24 heavy (non-hydrogen) atoms. The predicted molar refractivity (Wildman–Crippen MR) is 94.8 cm³/mol. The van der Waals surface area contributed by atoms with E-state index in [1.165, 1.54) is 5.56 Å². The van der Waals surface area contributed by atoms with Crippen molar-refractivity contribution in [3.63, 3.8) is 0 Å². The number of fused-ring (bicyclic) bond motifs is 1. The van der Waals surface area contributed by atoms with Gasteiger partial charge in [0.05, 0.1) is 4.88 Å². The zero-order chi connectivity index (χ0) is 16.5. The van der Waals surface area contributed by atoms with Crippen LogP contribution in [0.25, 0.3) is 5.65 Å². The van der Waals surface area contributed by atoms with Gasteiger partial charge in [0.2, 0.25) is 0 Å². The van der Waals surface area contributed by atoms with E-state index in [0.717, 1.165) is 49.1 Å². The summed E-state index contributed by atoms with van der Waals surface area (Å²) in [6.07, 6.45) is 3.64. The van der Waals surface area contributed by atoms with Crippen molar-refractivity contribution < 1.29 is 4.79 Å². The molecular weight excluding hydrogens is 322 g/mol. The van der Waals surface area contributed by atoms with Crippen LogP contribution in [0.4, 0.5) is 5.82 Å². The standard InChI is InChI=1S/C17H19N5OS/c1-13(23)15-10-14(12-24-15)11-20-6-8-21(9-7-20)17-3-2-16-18-4-5-22(16)19-17/h2-5,10,12H,6-9,11H2,1H3. The average molecular weight is 341 g/mol. The molecule has 3 aromatic rings. The molecule has 1 aliphatic heterocycles. The molecule has 4 rings (SSSR count). The van der Waals surface area contributed by atoms with Crippen LogP contribution in [0, 0.1) is 0 Å². The van der Waals surface area contributed by atoms with Crippen LogP contribution in [0.1, 0.15) is 22.2 Å². The summed E-state index contributed by atoms with van der Waals surface area (Å²) in [7, 11) is 0. The van der Waals surface area contributed by atoms with E-state index >= 15 is 0 Å². The van der Waals surface area contributed by atoms with Gasteiger partial charge in [0.1, 0.15) is 5.82 Å². The highest BCUT2D eigenvalue weighted by Gasteiger charge is 2.19. The van der Waals surface area contributed by atoms with E-state index in [4.69, 9.17) is 0 Å². The summed E-state index contributed by atoms with van der Waals surface area (Å²) in [6.45, 7) is 6.43. The first-order valence-electron chi connectivity index (χ1n) is 8.05. The summed E-state index contributed by atoms with van der Waals surface area (Å²) in [5.74, 6) is 1.14. The smallest absolute Gasteiger partial charge is 0.169 e. The lowest BCUT2D eigenvalue weighted by Crippen LogP contribution is -2.46. The molecule has 0 atom stereocenters. The van der Waals surface area contributed by atoms with Crippen molar-refractivity contribution in [3.05, 3.63) is 46.4 Å². The van der Waals surface area contributed by atoms with E-state index in [2.05, 4.69) is 25.3 Å². The van der Waals surface area contributed by atoms with Crippen molar-refractivity contribution in [2.75, 3.05) is 31.1 Å². The van der Waals surface area contributed by atoms with Gasteiger partial charge < -0.3 is 4.90 Å². The highest BCUT2D eigenvalue weighted by molar-refractivity contribution is 7.12. The van der Waals surface area contributed by atoms with Crippen molar-refractivity contribution in [2.45, 2.75) is 13.5 Å². The summed E-state index contributed by atoms with van der Waals surface area (Å²) in [5.41, 5.74) is 2.10. The number of anilines is 1. The van der Waals surface area contributed by atoms with Crippen LogP contribution >= 0.6 is 11.3 Å². The Labute approximate surface area is 144 Å². The lowest BCUT2D eigenvalue weighted by Gasteiger charge is -2.35. The van der Waals surface area contributed by atoms with Gasteiger partial charge in [-0.1, -0.05) is 0 Å². The molecule has 1 fully saturated rings. The number of hydrogen-bond donors (Lipinski definition) is 0. The molecule has 1 saturated heterocycles. The Bertz CT molecular complexity index is 863. The van der Waals surface area contributed by atoms with Gasteiger partial charge in [0, 0.05) is 45.1 Å². The van der Waals surface area contributed by atoms with Crippen LogP contribution in [-0.4, -0.2) is 51.5 Å². The van der Waals surface area contributed by atoms with Gasteiger partial charge >= 0.3 is 0 Å². The number of ketones is 1. The van der Waals surface area contributed by atoms with Crippen molar-refractivity contribution in [3.8, 4) is 0 Å². The fourth-order valence-corrected chi connectivity index (χ4v) is 3.82. The minimum absolute atomic E-state index is 0.150. The van der Waals surface area contributed by atoms with Crippen molar-refractivity contribution in [1.82, 2.24) is 19.5 Å². The molecular formula is C17H19N5OS. The molecule has 0 radical (unpaired) electrons. The van der Waals surface area contributed by atoms with E-state index in [1.54, 1.807) is 24.5 Å². The Hall–Kier alpha value is -2.25. The molecule has 0 spiro atoms. The molecule has 3 aromatic heterocycles. The van der Waals surface area contributed by atoms with Crippen molar-refractivity contribution >= 4 is 28.6 Å². The Morgan fingerprint density at radius 1 is 1.25 bits per heavy atom. The first kappa shape index (κ1) is 15.3. The summed E-state index contributed by atoms with van der Waals surface area (Å²) in [5, 5.41) is 6.71. The number of piperazine rings is 1. The topological polar surface area (TPSA) is 53.7 Å². The van der Waals surface area contributed by atoms with Crippen molar-refractivity contribution in [1.29, 1.82) is 0 Å². The van der Waals surface area contributed by atoms with Crippen LogP contribution in [0.2, 0.25) is 0 Å². The lowest BCUT2D eigenvalue weighted by molar-refractivity contribution is 0.102. The summed E-state index contributed by atoms with van der Waals surface area (Å²) in [4.78, 5) is 21.2. The van der Waals surface area contributed by atoms with Gasteiger partial charge in [-0.05, 0) is 36.1 Å². The SMILES string of the molecule is CC(=O)c1cc(CN2CCN(c3ccc4nccn4n3)CC2)cs1. The molecule has 0 saturated carbocycles. The fourth-order valence-electron chi connectivity index (χ4n) is 3.01. The van der Waals surface area contributed by atoms with Crippen LogP contribution < -0.4 is 4.90 Å². The van der Waals surface area contributed by atoms with Crippen LogP contribution in [0.5, 0.6) is 0 Å². The third kappa shape index (κ3) is 3.05. The lowest BCUT2D eigenvalue weighted by atomic mass is 10.2. The molecule has 0 amide bonds. The normalized spacial score (nSPS) is 16.0. The molecule has 6 nitrogen and oxygen atoms in total. The van der Waals surface area contributed by atoms with Gasteiger partial charge in [0.25, 0.3) is 0 Å². The maximum atomic E-state index is 11.4. The third-order valence-electron chi connectivity index (χ3n) is 4.34. The average Bonchev–Trinajstić information content (AvgIpc) is 3.24. The number of nitrogens with zero attached hydrogens (tertiary/aromatic N) is 5. The molecule has 0 unspecified atom stereocenters.